The van der Waals surface area contributed by atoms with E-state index in [2.05, 4.69) is 10.3 Å². The van der Waals surface area contributed by atoms with Gasteiger partial charge >= 0.3 is 0 Å². The molecule has 1 heterocycles. The van der Waals surface area contributed by atoms with Crippen molar-refractivity contribution >= 4 is 5.91 Å². The quantitative estimate of drug-likeness (QED) is 0.803. The third-order valence-corrected chi connectivity index (χ3v) is 3.99. The number of hydrogen-bond donors (Lipinski definition) is 2. The Balaban J connectivity index is 1.83. The summed E-state index contributed by atoms with van der Waals surface area (Å²) < 4.78 is 1.97. The fourth-order valence-corrected chi connectivity index (χ4v) is 2.69. The molecule has 5 heteroatoms. The Hall–Kier alpha value is -1.36. The van der Waals surface area contributed by atoms with Crippen LogP contribution in [0.5, 0.6) is 0 Å². The van der Waals surface area contributed by atoms with Gasteiger partial charge in [-0.1, -0.05) is 12.8 Å². The minimum absolute atomic E-state index is 0.122. The van der Waals surface area contributed by atoms with Gasteiger partial charge in [-0.05, 0) is 12.8 Å². The molecule has 100 valence electrons. The van der Waals surface area contributed by atoms with Gasteiger partial charge in [-0.3, -0.25) is 4.79 Å². The maximum Gasteiger partial charge on any atom is 0.227 e. The van der Waals surface area contributed by atoms with Gasteiger partial charge in [-0.25, -0.2) is 4.98 Å². The summed E-state index contributed by atoms with van der Waals surface area (Å²) in [4.78, 5) is 16.4. The maximum atomic E-state index is 12.2. The predicted octanol–water partition coefficient (Wildman–Crippen LogP) is 0.598. The van der Waals surface area contributed by atoms with Crippen LogP contribution in [-0.2, 0) is 18.3 Å². The average molecular weight is 250 g/mol. The number of nitrogens with two attached hydrogens (primary N) is 1. The van der Waals surface area contributed by atoms with Gasteiger partial charge < -0.3 is 15.6 Å². The van der Waals surface area contributed by atoms with E-state index in [1.807, 2.05) is 17.8 Å². The number of rotatable bonds is 5. The number of nitrogens with zero attached hydrogens (tertiary/aromatic N) is 2. The van der Waals surface area contributed by atoms with Gasteiger partial charge in [-0.15, -0.1) is 0 Å². The molecule has 0 unspecified atom stereocenters. The summed E-state index contributed by atoms with van der Waals surface area (Å²) >= 11 is 0. The van der Waals surface area contributed by atoms with Crippen LogP contribution < -0.4 is 11.1 Å². The molecule has 1 aliphatic carbocycles. The van der Waals surface area contributed by atoms with Crippen molar-refractivity contribution in [1.29, 1.82) is 0 Å². The summed E-state index contributed by atoms with van der Waals surface area (Å²) in [6.45, 7) is 1.09. The highest BCUT2D eigenvalue weighted by Crippen LogP contribution is 2.37. The van der Waals surface area contributed by atoms with Crippen LogP contribution in [0, 0.1) is 5.41 Å². The molecule has 5 nitrogen and oxygen atoms in total. The minimum Gasteiger partial charge on any atom is -0.355 e. The van der Waals surface area contributed by atoms with E-state index >= 15 is 0 Å². The molecule has 1 fully saturated rings. The number of aromatic nitrogens is 2. The topological polar surface area (TPSA) is 72.9 Å². The van der Waals surface area contributed by atoms with Crippen molar-refractivity contribution in [3.8, 4) is 0 Å². The zero-order valence-electron chi connectivity index (χ0n) is 11.0. The summed E-state index contributed by atoms with van der Waals surface area (Å²) in [5.74, 6) is 1.11. The van der Waals surface area contributed by atoms with Crippen molar-refractivity contribution < 1.29 is 4.79 Å². The summed E-state index contributed by atoms with van der Waals surface area (Å²) in [7, 11) is 1.96. The minimum atomic E-state index is -0.304. The van der Waals surface area contributed by atoms with Crippen LogP contribution >= 0.6 is 0 Å². The molecule has 0 aliphatic heterocycles. The van der Waals surface area contributed by atoms with Crippen molar-refractivity contribution in [3.63, 3.8) is 0 Å². The van der Waals surface area contributed by atoms with Crippen LogP contribution in [0.2, 0.25) is 0 Å². The molecule has 1 aromatic heterocycles. The second-order valence-electron chi connectivity index (χ2n) is 5.15. The lowest BCUT2D eigenvalue weighted by Crippen LogP contribution is -2.44. The van der Waals surface area contributed by atoms with Crippen molar-refractivity contribution in [1.82, 2.24) is 14.9 Å². The molecule has 2 rings (SSSR count). The SMILES string of the molecule is Cn1ccnc1CCNC(=O)C1(CN)CCCC1. The molecule has 0 atom stereocenters. The maximum absolute atomic E-state index is 12.2. The van der Waals surface area contributed by atoms with E-state index in [1.165, 1.54) is 0 Å². The van der Waals surface area contributed by atoms with Gasteiger partial charge in [0.25, 0.3) is 0 Å². The summed E-state index contributed by atoms with van der Waals surface area (Å²) in [5, 5.41) is 3.01. The van der Waals surface area contributed by atoms with Crippen LogP contribution in [0.4, 0.5) is 0 Å². The van der Waals surface area contributed by atoms with E-state index in [1.54, 1.807) is 6.20 Å². The summed E-state index contributed by atoms with van der Waals surface area (Å²) in [6, 6.07) is 0. The van der Waals surface area contributed by atoms with E-state index in [4.69, 9.17) is 5.73 Å². The second-order valence-corrected chi connectivity index (χ2v) is 5.15. The lowest BCUT2D eigenvalue weighted by Gasteiger charge is -2.25. The normalized spacial score (nSPS) is 17.9. The van der Waals surface area contributed by atoms with Gasteiger partial charge in [0.2, 0.25) is 5.91 Å². The Kier molecular flexibility index (Phi) is 4.01. The van der Waals surface area contributed by atoms with Crippen molar-refractivity contribution in [2.75, 3.05) is 13.1 Å². The highest BCUT2D eigenvalue weighted by Gasteiger charge is 2.39. The van der Waals surface area contributed by atoms with E-state index < -0.39 is 0 Å². The van der Waals surface area contributed by atoms with Crippen molar-refractivity contribution in [2.45, 2.75) is 32.1 Å². The third kappa shape index (κ3) is 2.56. The zero-order chi connectivity index (χ0) is 13.0. The number of carbonyl (C=O) groups is 1. The first-order valence-electron chi connectivity index (χ1n) is 6.62. The molecule has 1 aromatic rings. The Morgan fingerprint density at radius 2 is 2.28 bits per heavy atom. The lowest BCUT2D eigenvalue weighted by molar-refractivity contribution is -0.130. The molecule has 0 radical (unpaired) electrons. The summed E-state index contributed by atoms with van der Waals surface area (Å²) in [6.07, 6.45) is 8.53. The van der Waals surface area contributed by atoms with E-state index in [-0.39, 0.29) is 11.3 Å². The molecule has 0 saturated heterocycles. The second kappa shape index (κ2) is 5.52. The highest BCUT2D eigenvalue weighted by molar-refractivity contribution is 5.83. The molecule has 0 aromatic carbocycles. The van der Waals surface area contributed by atoms with Gasteiger partial charge in [0.05, 0.1) is 5.41 Å². The predicted molar refractivity (Wildman–Crippen MR) is 69.9 cm³/mol. The van der Waals surface area contributed by atoms with Gasteiger partial charge in [-0.2, -0.15) is 0 Å². The number of hydrogen-bond acceptors (Lipinski definition) is 3. The van der Waals surface area contributed by atoms with Crippen molar-refractivity contribution in [2.24, 2.45) is 18.2 Å². The van der Waals surface area contributed by atoms with Crippen LogP contribution in [0.1, 0.15) is 31.5 Å². The molecule has 1 saturated carbocycles. The Morgan fingerprint density at radius 3 is 2.83 bits per heavy atom. The monoisotopic (exact) mass is 250 g/mol. The fraction of sp³-hybridized carbons (Fsp3) is 0.692. The van der Waals surface area contributed by atoms with Crippen LogP contribution in [0.15, 0.2) is 12.4 Å². The highest BCUT2D eigenvalue weighted by atomic mass is 16.2. The van der Waals surface area contributed by atoms with E-state index in [9.17, 15) is 4.79 Å². The van der Waals surface area contributed by atoms with Crippen LogP contribution in [0.25, 0.3) is 0 Å². The number of aryl methyl sites for hydroxylation is 1. The largest absolute Gasteiger partial charge is 0.355 e. The van der Waals surface area contributed by atoms with E-state index in [0.717, 1.165) is 37.9 Å². The van der Waals surface area contributed by atoms with Crippen molar-refractivity contribution in [3.05, 3.63) is 18.2 Å². The molecule has 0 spiro atoms. The van der Waals surface area contributed by atoms with Crippen LogP contribution in [0.3, 0.4) is 0 Å². The smallest absolute Gasteiger partial charge is 0.227 e. The Bertz CT molecular complexity index is 407. The number of carbonyl (C=O) groups excluding carboxylic acids is 1. The lowest BCUT2D eigenvalue weighted by atomic mass is 9.85. The first-order chi connectivity index (χ1) is 8.68. The van der Waals surface area contributed by atoms with Gasteiger partial charge in [0.15, 0.2) is 0 Å². The average Bonchev–Trinajstić information content (AvgIpc) is 2.99. The fourth-order valence-electron chi connectivity index (χ4n) is 2.69. The van der Waals surface area contributed by atoms with Gasteiger partial charge in [0.1, 0.15) is 5.82 Å². The molecule has 0 bridgehead atoms. The molecular formula is C13H22N4O. The molecule has 3 N–H and O–H groups in total. The van der Waals surface area contributed by atoms with E-state index in [0.29, 0.717) is 13.1 Å². The molecule has 1 aliphatic rings. The Labute approximate surface area is 108 Å². The Morgan fingerprint density at radius 1 is 1.56 bits per heavy atom. The van der Waals surface area contributed by atoms with Crippen LogP contribution in [-0.4, -0.2) is 28.5 Å². The standard InChI is InChI=1S/C13H22N4O/c1-17-9-8-15-11(17)4-7-16-12(18)13(10-14)5-2-3-6-13/h8-9H,2-7,10,14H2,1H3,(H,16,18). The number of amides is 1. The zero-order valence-corrected chi connectivity index (χ0v) is 11.0. The third-order valence-electron chi connectivity index (χ3n) is 3.99. The number of nitrogens with one attached hydrogen (secondary N) is 1. The summed E-state index contributed by atoms with van der Waals surface area (Å²) in [5.41, 5.74) is 5.48. The van der Waals surface area contributed by atoms with Gasteiger partial charge in [0, 0.05) is 39.0 Å². The first kappa shape index (κ1) is 13.1. The molecule has 18 heavy (non-hydrogen) atoms. The number of imidazole rings is 1. The first-order valence-corrected chi connectivity index (χ1v) is 6.62. The molecular weight excluding hydrogens is 228 g/mol. The molecule has 1 amide bonds.